The SMILES string of the molecule is CC(=O)c1ccc(NC(=O)CCSc2nnnn2-c2cccc(C)c2)cc1. The Hall–Kier alpha value is -3.00. The second-order valence-corrected chi connectivity index (χ2v) is 7.05. The Morgan fingerprint density at radius 3 is 2.63 bits per heavy atom. The number of hydrogen-bond acceptors (Lipinski definition) is 6. The highest BCUT2D eigenvalue weighted by Crippen LogP contribution is 2.20. The van der Waals surface area contributed by atoms with Gasteiger partial charge in [-0.2, -0.15) is 4.68 Å². The van der Waals surface area contributed by atoms with Crippen LogP contribution in [-0.4, -0.2) is 37.7 Å². The van der Waals surface area contributed by atoms with Crippen LogP contribution < -0.4 is 5.32 Å². The summed E-state index contributed by atoms with van der Waals surface area (Å²) >= 11 is 1.42. The molecule has 3 aromatic rings. The molecule has 138 valence electrons. The highest BCUT2D eigenvalue weighted by atomic mass is 32.2. The predicted molar refractivity (Wildman–Crippen MR) is 104 cm³/mol. The Kier molecular flexibility index (Phi) is 5.97. The van der Waals surface area contributed by atoms with Crippen molar-refractivity contribution < 1.29 is 9.59 Å². The number of amides is 1. The molecule has 7 nitrogen and oxygen atoms in total. The number of thioether (sulfide) groups is 1. The highest BCUT2D eigenvalue weighted by Gasteiger charge is 2.10. The molecular formula is C19H19N5O2S. The fraction of sp³-hybridized carbons (Fsp3) is 0.211. The van der Waals surface area contributed by atoms with Crippen LogP contribution in [0.3, 0.4) is 0 Å². The monoisotopic (exact) mass is 381 g/mol. The maximum atomic E-state index is 12.1. The summed E-state index contributed by atoms with van der Waals surface area (Å²) in [6, 6.07) is 14.7. The maximum Gasteiger partial charge on any atom is 0.225 e. The number of anilines is 1. The van der Waals surface area contributed by atoms with Crippen molar-refractivity contribution in [2.24, 2.45) is 0 Å². The average molecular weight is 381 g/mol. The standard InChI is InChI=1S/C19H19N5O2S/c1-13-4-3-5-17(12-13)24-19(21-22-23-24)27-11-10-18(26)20-16-8-6-15(7-9-16)14(2)25/h3-9,12H,10-11H2,1-2H3,(H,20,26). The number of benzene rings is 2. The first kappa shape index (κ1) is 18.8. The molecule has 8 heteroatoms. The van der Waals surface area contributed by atoms with E-state index in [-0.39, 0.29) is 11.7 Å². The number of tetrazole rings is 1. The summed E-state index contributed by atoms with van der Waals surface area (Å²) in [5, 5.41) is 15.2. The van der Waals surface area contributed by atoms with E-state index in [9.17, 15) is 9.59 Å². The van der Waals surface area contributed by atoms with Crippen LogP contribution in [0.2, 0.25) is 0 Å². The first-order chi connectivity index (χ1) is 13.0. The summed E-state index contributed by atoms with van der Waals surface area (Å²) in [7, 11) is 0. The Bertz CT molecular complexity index is 953. The van der Waals surface area contributed by atoms with Gasteiger partial charge in [0.2, 0.25) is 11.1 Å². The van der Waals surface area contributed by atoms with Gasteiger partial charge in [-0.3, -0.25) is 9.59 Å². The van der Waals surface area contributed by atoms with E-state index >= 15 is 0 Å². The third-order valence-electron chi connectivity index (χ3n) is 3.82. The molecule has 0 unspecified atom stereocenters. The van der Waals surface area contributed by atoms with Crippen molar-refractivity contribution in [2.75, 3.05) is 11.1 Å². The van der Waals surface area contributed by atoms with Crippen LogP contribution in [0, 0.1) is 6.92 Å². The summed E-state index contributed by atoms with van der Waals surface area (Å²) in [5.74, 6) is 0.437. The van der Waals surface area contributed by atoms with Crippen molar-refractivity contribution >= 4 is 29.1 Å². The van der Waals surface area contributed by atoms with Crippen LogP contribution in [0.15, 0.2) is 53.7 Å². The second-order valence-electron chi connectivity index (χ2n) is 5.99. The summed E-state index contributed by atoms with van der Waals surface area (Å²) in [6.07, 6.45) is 0.319. The van der Waals surface area contributed by atoms with E-state index in [1.807, 2.05) is 31.2 Å². The van der Waals surface area contributed by atoms with E-state index in [4.69, 9.17) is 0 Å². The third kappa shape index (κ3) is 5.01. The van der Waals surface area contributed by atoms with Crippen molar-refractivity contribution in [3.8, 4) is 5.69 Å². The highest BCUT2D eigenvalue weighted by molar-refractivity contribution is 7.99. The lowest BCUT2D eigenvalue weighted by Gasteiger charge is -2.06. The van der Waals surface area contributed by atoms with E-state index in [0.717, 1.165) is 11.3 Å². The second kappa shape index (κ2) is 8.59. The van der Waals surface area contributed by atoms with E-state index in [0.29, 0.717) is 28.6 Å². The number of Topliss-reactive ketones (excluding diaryl/α,β-unsaturated/α-hetero) is 1. The lowest BCUT2D eigenvalue weighted by molar-refractivity contribution is -0.115. The van der Waals surface area contributed by atoms with Gasteiger partial charge in [0.15, 0.2) is 5.78 Å². The predicted octanol–water partition coefficient (Wildman–Crippen LogP) is 3.29. The van der Waals surface area contributed by atoms with Gasteiger partial charge in [0.25, 0.3) is 0 Å². The normalized spacial score (nSPS) is 10.6. The molecule has 0 aliphatic rings. The molecule has 0 aliphatic carbocycles. The largest absolute Gasteiger partial charge is 0.326 e. The zero-order valence-electron chi connectivity index (χ0n) is 15.0. The van der Waals surface area contributed by atoms with E-state index in [1.165, 1.54) is 18.7 Å². The molecule has 0 saturated heterocycles. The van der Waals surface area contributed by atoms with Crippen molar-refractivity contribution in [3.63, 3.8) is 0 Å². The minimum atomic E-state index is -0.104. The summed E-state index contributed by atoms with van der Waals surface area (Å²) in [5.41, 5.74) is 3.29. The van der Waals surface area contributed by atoms with Crippen LogP contribution in [-0.2, 0) is 4.79 Å². The molecule has 1 aromatic heterocycles. The topological polar surface area (TPSA) is 89.8 Å². The van der Waals surface area contributed by atoms with E-state index in [1.54, 1.807) is 28.9 Å². The number of hydrogen-bond donors (Lipinski definition) is 1. The number of aryl methyl sites for hydroxylation is 1. The van der Waals surface area contributed by atoms with Gasteiger partial charge < -0.3 is 5.32 Å². The Balaban J connectivity index is 1.54. The van der Waals surface area contributed by atoms with Crippen molar-refractivity contribution in [2.45, 2.75) is 25.4 Å². The molecule has 1 heterocycles. The van der Waals surface area contributed by atoms with Gasteiger partial charge >= 0.3 is 0 Å². The lowest BCUT2D eigenvalue weighted by Crippen LogP contribution is -2.12. The van der Waals surface area contributed by atoms with Crippen molar-refractivity contribution in [1.29, 1.82) is 0 Å². The maximum absolute atomic E-state index is 12.1. The molecule has 0 fully saturated rings. The number of nitrogens with one attached hydrogen (secondary N) is 1. The van der Waals surface area contributed by atoms with Gasteiger partial charge in [0.1, 0.15) is 0 Å². The van der Waals surface area contributed by atoms with E-state index < -0.39 is 0 Å². The van der Waals surface area contributed by atoms with Crippen LogP contribution in [0.4, 0.5) is 5.69 Å². The molecule has 3 rings (SSSR count). The molecule has 0 radical (unpaired) electrons. The van der Waals surface area contributed by atoms with Crippen LogP contribution in [0.1, 0.15) is 29.3 Å². The zero-order chi connectivity index (χ0) is 19.2. The molecule has 0 saturated carbocycles. The van der Waals surface area contributed by atoms with Gasteiger partial charge in [-0.1, -0.05) is 23.9 Å². The lowest BCUT2D eigenvalue weighted by atomic mass is 10.1. The number of aromatic nitrogens is 4. The number of nitrogens with zero attached hydrogens (tertiary/aromatic N) is 4. The number of ketones is 1. The Morgan fingerprint density at radius 1 is 1.15 bits per heavy atom. The van der Waals surface area contributed by atoms with Crippen LogP contribution >= 0.6 is 11.8 Å². The molecule has 0 spiro atoms. The Morgan fingerprint density at radius 2 is 1.93 bits per heavy atom. The number of carbonyl (C=O) groups is 2. The molecule has 1 N–H and O–H groups in total. The third-order valence-corrected chi connectivity index (χ3v) is 4.74. The van der Waals surface area contributed by atoms with E-state index in [2.05, 4.69) is 20.8 Å². The summed E-state index contributed by atoms with van der Waals surface area (Å²) in [6.45, 7) is 3.52. The first-order valence-electron chi connectivity index (χ1n) is 8.42. The van der Waals surface area contributed by atoms with Gasteiger partial charge in [-0.25, -0.2) is 0 Å². The first-order valence-corrected chi connectivity index (χ1v) is 9.40. The summed E-state index contributed by atoms with van der Waals surface area (Å²) < 4.78 is 1.66. The zero-order valence-corrected chi connectivity index (χ0v) is 15.9. The van der Waals surface area contributed by atoms with Gasteiger partial charge in [-0.05, 0) is 66.2 Å². The smallest absolute Gasteiger partial charge is 0.225 e. The fourth-order valence-electron chi connectivity index (χ4n) is 2.44. The van der Waals surface area contributed by atoms with Crippen LogP contribution in [0.5, 0.6) is 0 Å². The van der Waals surface area contributed by atoms with Gasteiger partial charge in [0, 0.05) is 23.4 Å². The number of carbonyl (C=O) groups excluding carboxylic acids is 2. The average Bonchev–Trinajstić information content (AvgIpc) is 3.10. The quantitative estimate of drug-likeness (QED) is 0.499. The summed E-state index contributed by atoms with van der Waals surface area (Å²) in [4.78, 5) is 23.4. The van der Waals surface area contributed by atoms with Gasteiger partial charge in [0.05, 0.1) is 5.69 Å². The van der Waals surface area contributed by atoms with Crippen molar-refractivity contribution in [3.05, 3.63) is 59.7 Å². The molecule has 27 heavy (non-hydrogen) atoms. The molecule has 1 amide bonds. The molecule has 0 atom stereocenters. The fourth-order valence-corrected chi connectivity index (χ4v) is 3.27. The molecular weight excluding hydrogens is 362 g/mol. The molecule has 0 aliphatic heterocycles. The minimum Gasteiger partial charge on any atom is -0.326 e. The minimum absolute atomic E-state index is 0.00407. The van der Waals surface area contributed by atoms with Crippen molar-refractivity contribution in [1.82, 2.24) is 20.2 Å². The van der Waals surface area contributed by atoms with Gasteiger partial charge in [-0.15, -0.1) is 5.10 Å². The number of rotatable bonds is 7. The Labute approximate surface area is 161 Å². The molecule has 2 aromatic carbocycles. The van der Waals surface area contributed by atoms with Crippen LogP contribution in [0.25, 0.3) is 5.69 Å². The molecule has 0 bridgehead atoms.